The van der Waals surface area contributed by atoms with Crippen molar-refractivity contribution in [2.75, 3.05) is 13.2 Å². The fourth-order valence-corrected chi connectivity index (χ4v) is 3.01. The van der Waals surface area contributed by atoms with Crippen LogP contribution in [0.25, 0.3) is 0 Å². The zero-order chi connectivity index (χ0) is 20.3. The third-order valence-corrected chi connectivity index (χ3v) is 4.94. The SMILES string of the molecule is CCCCCCCCOC(=O)CC(C(=O)OCCCCCCCC)=S(=O)=O.[H-].[Na+]. The van der Waals surface area contributed by atoms with E-state index in [0.29, 0.717) is 6.42 Å². The number of hydrogen-bond acceptors (Lipinski definition) is 6. The Labute approximate surface area is 195 Å². The summed E-state index contributed by atoms with van der Waals surface area (Å²) in [5.74, 6) is -1.66. The molecule has 160 valence electrons. The maximum Gasteiger partial charge on any atom is 1.00 e. The van der Waals surface area contributed by atoms with E-state index in [4.69, 9.17) is 9.47 Å². The van der Waals surface area contributed by atoms with E-state index in [-0.39, 0.29) is 44.2 Å². The van der Waals surface area contributed by atoms with Gasteiger partial charge >= 0.3 is 41.5 Å². The van der Waals surface area contributed by atoms with Crippen LogP contribution in [-0.2, 0) is 29.4 Å². The largest absolute Gasteiger partial charge is 1.00 e. The molecule has 0 bridgehead atoms. The molecule has 0 rings (SSSR count). The Hall–Kier alpha value is -0.370. The van der Waals surface area contributed by atoms with E-state index in [1.165, 1.54) is 25.7 Å². The second kappa shape index (κ2) is 21.3. The molecule has 0 aliphatic rings. The van der Waals surface area contributed by atoms with Crippen LogP contribution < -0.4 is 29.6 Å². The first kappa shape index (κ1) is 29.8. The summed E-state index contributed by atoms with van der Waals surface area (Å²) in [6.07, 6.45) is 12.0. The fourth-order valence-electron chi connectivity index (χ4n) is 2.58. The number of carbonyl (C=O) groups excluding carboxylic acids is 2. The van der Waals surface area contributed by atoms with Gasteiger partial charge in [-0.3, -0.25) is 4.79 Å². The minimum Gasteiger partial charge on any atom is -1.00 e. The van der Waals surface area contributed by atoms with Crippen molar-refractivity contribution in [3.63, 3.8) is 0 Å². The van der Waals surface area contributed by atoms with Gasteiger partial charge in [-0.05, 0) is 12.8 Å². The molecule has 0 saturated heterocycles. The normalized spacial score (nSPS) is 10.1. The molecule has 0 atom stereocenters. The monoisotopic (exact) mass is 428 g/mol. The Morgan fingerprint density at radius 3 is 1.61 bits per heavy atom. The van der Waals surface area contributed by atoms with Gasteiger partial charge in [0.15, 0.2) is 4.86 Å². The summed E-state index contributed by atoms with van der Waals surface area (Å²) in [6.45, 7) is 4.70. The van der Waals surface area contributed by atoms with E-state index in [1.54, 1.807) is 0 Å². The van der Waals surface area contributed by atoms with Crippen molar-refractivity contribution in [1.82, 2.24) is 0 Å². The van der Waals surface area contributed by atoms with Crippen molar-refractivity contribution >= 4 is 27.1 Å². The zero-order valence-corrected chi connectivity index (χ0v) is 20.8. The van der Waals surface area contributed by atoms with Crippen molar-refractivity contribution in [2.45, 2.75) is 97.3 Å². The summed E-state index contributed by atoms with van der Waals surface area (Å²) < 4.78 is 32.4. The van der Waals surface area contributed by atoms with Gasteiger partial charge in [-0.25, -0.2) is 4.79 Å². The number of carbonyl (C=O) groups is 2. The molecule has 0 spiro atoms. The van der Waals surface area contributed by atoms with E-state index in [2.05, 4.69) is 13.8 Å². The molecule has 0 aliphatic carbocycles. The van der Waals surface area contributed by atoms with Crippen molar-refractivity contribution in [1.29, 1.82) is 0 Å². The first-order chi connectivity index (χ1) is 13.0. The predicted molar refractivity (Wildman–Crippen MR) is 108 cm³/mol. The van der Waals surface area contributed by atoms with Gasteiger partial charge in [-0.1, -0.05) is 78.1 Å². The van der Waals surface area contributed by atoms with Crippen LogP contribution in [0.1, 0.15) is 98.7 Å². The van der Waals surface area contributed by atoms with Gasteiger partial charge in [-0.15, -0.1) is 0 Å². The van der Waals surface area contributed by atoms with Gasteiger partial charge < -0.3 is 10.9 Å². The Kier molecular flexibility index (Phi) is 22.7. The van der Waals surface area contributed by atoms with E-state index >= 15 is 0 Å². The summed E-state index contributed by atoms with van der Waals surface area (Å²) in [6, 6.07) is 0. The van der Waals surface area contributed by atoms with Gasteiger partial charge in [0.1, 0.15) is 0 Å². The quantitative estimate of drug-likeness (QED) is 0.150. The Morgan fingerprint density at radius 2 is 1.14 bits per heavy atom. The molecule has 28 heavy (non-hydrogen) atoms. The van der Waals surface area contributed by atoms with Crippen molar-refractivity contribution in [2.24, 2.45) is 0 Å². The molecule has 0 N–H and O–H groups in total. The molecule has 6 nitrogen and oxygen atoms in total. The third kappa shape index (κ3) is 17.7. The van der Waals surface area contributed by atoms with Gasteiger partial charge in [0, 0.05) is 0 Å². The average molecular weight is 429 g/mol. The number of rotatable bonds is 17. The van der Waals surface area contributed by atoms with Gasteiger partial charge in [0.05, 0.1) is 19.6 Å². The van der Waals surface area contributed by atoms with Crippen molar-refractivity contribution in [3.8, 4) is 0 Å². The summed E-state index contributed by atoms with van der Waals surface area (Å²) in [5, 5.41) is 0. The number of hydrogen-bond donors (Lipinski definition) is 0. The molecule has 0 radical (unpaired) electrons. The van der Waals surface area contributed by atoms with E-state index in [9.17, 15) is 18.0 Å². The van der Waals surface area contributed by atoms with Gasteiger partial charge in [-0.2, -0.15) is 8.42 Å². The maximum atomic E-state index is 11.9. The topological polar surface area (TPSA) is 86.7 Å². The van der Waals surface area contributed by atoms with Crippen LogP contribution in [-0.4, -0.2) is 38.4 Å². The minimum absolute atomic E-state index is 0. The molecular formula is C20H37NaO6S. The number of esters is 2. The maximum absolute atomic E-state index is 11.9. The summed E-state index contributed by atoms with van der Waals surface area (Å²) in [7, 11) is -2.79. The standard InChI is InChI=1S/C20H36O6S.Na.H/c1-3-5-7-9-11-13-15-25-19(21)17-18(27(23)24)20(22)26-16-14-12-10-8-6-4-2;;/h3-17H2,1-2H3;;/q;+1;-1. The minimum atomic E-state index is -2.79. The molecule has 0 amide bonds. The van der Waals surface area contributed by atoms with E-state index in [0.717, 1.165) is 44.9 Å². The van der Waals surface area contributed by atoms with Crippen LogP contribution in [0.3, 0.4) is 0 Å². The third-order valence-electron chi connectivity index (χ3n) is 4.23. The van der Waals surface area contributed by atoms with Crippen molar-refractivity contribution in [3.05, 3.63) is 0 Å². The van der Waals surface area contributed by atoms with E-state index in [1.807, 2.05) is 0 Å². The van der Waals surface area contributed by atoms with Crippen LogP contribution in [0.5, 0.6) is 0 Å². The van der Waals surface area contributed by atoms with Gasteiger partial charge in [0.25, 0.3) is 0 Å². The summed E-state index contributed by atoms with van der Waals surface area (Å²) in [5.41, 5.74) is 0. The van der Waals surface area contributed by atoms with Crippen LogP contribution in [0.2, 0.25) is 0 Å². The molecule has 0 heterocycles. The molecule has 0 aromatic heterocycles. The second-order valence-electron chi connectivity index (χ2n) is 6.73. The predicted octanol–water partition coefficient (Wildman–Crippen LogP) is 1.35. The van der Waals surface area contributed by atoms with Crippen LogP contribution in [0, 0.1) is 0 Å². The molecule has 8 heteroatoms. The molecule has 0 aromatic carbocycles. The molecule has 0 aliphatic heterocycles. The van der Waals surface area contributed by atoms with Gasteiger partial charge in [0.2, 0.25) is 10.3 Å². The molecule has 0 unspecified atom stereocenters. The number of unbranched alkanes of at least 4 members (excludes halogenated alkanes) is 10. The second-order valence-corrected chi connectivity index (χ2v) is 7.69. The van der Waals surface area contributed by atoms with E-state index < -0.39 is 33.5 Å². The molecule has 0 aromatic rings. The van der Waals surface area contributed by atoms with Crippen LogP contribution in [0.15, 0.2) is 0 Å². The average Bonchev–Trinajstić information content (AvgIpc) is 2.64. The fraction of sp³-hybridized carbons (Fsp3) is 0.850. The van der Waals surface area contributed by atoms with Crippen LogP contribution >= 0.6 is 0 Å². The smallest absolute Gasteiger partial charge is 1.00 e. The Balaban J connectivity index is -0.00000338. The summed E-state index contributed by atoms with van der Waals surface area (Å²) in [4.78, 5) is 23.1. The van der Waals surface area contributed by atoms with Crippen LogP contribution in [0.4, 0.5) is 0 Å². The molecule has 0 fully saturated rings. The molecule has 0 saturated carbocycles. The molecular weight excluding hydrogens is 391 g/mol. The number of ether oxygens (including phenoxy) is 2. The Morgan fingerprint density at radius 1 is 0.714 bits per heavy atom. The first-order valence-corrected chi connectivity index (χ1v) is 11.4. The zero-order valence-electron chi connectivity index (χ0n) is 19.0. The Bertz CT molecular complexity index is 543. The summed E-state index contributed by atoms with van der Waals surface area (Å²) >= 11 is 0. The first-order valence-electron chi connectivity index (χ1n) is 10.3. The van der Waals surface area contributed by atoms with Crippen molar-refractivity contribution < 1.29 is 58.5 Å².